The Morgan fingerprint density at radius 1 is 1.10 bits per heavy atom. The Labute approximate surface area is 172 Å². The van der Waals surface area contributed by atoms with Crippen molar-refractivity contribution < 1.29 is 14.3 Å². The van der Waals surface area contributed by atoms with E-state index in [-0.39, 0.29) is 12.0 Å². The van der Waals surface area contributed by atoms with Gasteiger partial charge in [-0.1, -0.05) is 6.07 Å². The van der Waals surface area contributed by atoms with Gasteiger partial charge in [-0.3, -0.25) is 9.69 Å². The lowest BCUT2D eigenvalue weighted by Crippen LogP contribution is -2.51. The number of H-pyrrole nitrogens is 1. The van der Waals surface area contributed by atoms with E-state index in [1.807, 2.05) is 26.8 Å². The van der Waals surface area contributed by atoms with E-state index in [0.717, 1.165) is 36.1 Å². The largest absolute Gasteiger partial charge is 0.444 e. The SMILES string of the molecule is Cc1cc(C)c2cc(C(=O)NCCN3CCN(C(=O)OC(C)(C)C)CC3)[nH]c2c1. The molecule has 2 heterocycles. The van der Waals surface area contributed by atoms with Crippen LogP contribution in [0.1, 0.15) is 42.4 Å². The molecule has 1 fully saturated rings. The molecule has 158 valence electrons. The normalized spacial score (nSPS) is 15.6. The number of carbonyl (C=O) groups excluding carboxylic acids is 2. The minimum atomic E-state index is -0.474. The third kappa shape index (κ3) is 5.50. The smallest absolute Gasteiger partial charge is 0.410 e. The van der Waals surface area contributed by atoms with E-state index in [2.05, 4.69) is 41.2 Å². The van der Waals surface area contributed by atoms with Crippen molar-refractivity contribution in [3.05, 3.63) is 35.0 Å². The molecule has 1 aromatic carbocycles. The number of aryl methyl sites for hydroxylation is 2. The summed E-state index contributed by atoms with van der Waals surface area (Å²) < 4.78 is 5.42. The predicted molar refractivity (Wildman–Crippen MR) is 114 cm³/mol. The van der Waals surface area contributed by atoms with E-state index in [4.69, 9.17) is 4.74 Å². The molecule has 3 rings (SSSR count). The number of hydrogen-bond acceptors (Lipinski definition) is 4. The monoisotopic (exact) mass is 400 g/mol. The molecule has 29 heavy (non-hydrogen) atoms. The molecule has 2 amide bonds. The van der Waals surface area contributed by atoms with Gasteiger partial charge in [-0.05, 0) is 57.9 Å². The molecule has 1 aliphatic rings. The highest BCUT2D eigenvalue weighted by Gasteiger charge is 2.25. The van der Waals surface area contributed by atoms with Crippen molar-refractivity contribution in [2.75, 3.05) is 39.3 Å². The Balaban J connectivity index is 1.45. The molecule has 2 N–H and O–H groups in total. The van der Waals surface area contributed by atoms with Gasteiger partial charge in [0.2, 0.25) is 0 Å². The Morgan fingerprint density at radius 3 is 2.45 bits per heavy atom. The molecule has 7 heteroatoms. The maximum Gasteiger partial charge on any atom is 0.410 e. The number of nitrogens with zero attached hydrogens (tertiary/aromatic N) is 2. The first kappa shape index (κ1) is 21.2. The molecule has 0 atom stereocenters. The number of benzene rings is 1. The minimum Gasteiger partial charge on any atom is -0.444 e. The van der Waals surface area contributed by atoms with Crippen LogP contribution in [0.3, 0.4) is 0 Å². The average Bonchev–Trinajstić information content (AvgIpc) is 3.05. The van der Waals surface area contributed by atoms with E-state index in [0.29, 0.717) is 25.3 Å². The Kier molecular flexibility index (Phi) is 6.17. The standard InChI is InChI=1S/C22H32N4O3/c1-15-12-16(2)17-14-19(24-18(17)13-15)20(27)23-6-7-25-8-10-26(11-9-25)21(28)29-22(3,4)5/h12-14,24H,6-11H2,1-5H3,(H,23,27). The fourth-order valence-corrected chi connectivity index (χ4v) is 3.62. The second kappa shape index (κ2) is 8.45. The molecule has 0 radical (unpaired) electrons. The second-order valence-corrected chi connectivity index (χ2v) is 8.79. The second-order valence-electron chi connectivity index (χ2n) is 8.79. The van der Waals surface area contributed by atoms with Gasteiger partial charge in [0.05, 0.1) is 0 Å². The van der Waals surface area contributed by atoms with Crippen LogP contribution < -0.4 is 5.32 Å². The number of hydrogen-bond donors (Lipinski definition) is 2. The molecular weight excluding hydrogens is 368 g/mol. The van der Waals surface area contributed by atoms with E-state index in [1.54, 1.807) is 4.90 Å². The van der Waals surface area contributed by atoms with Crippen LogP contribution in [-0.4, -0.2) is 71.7 Å². The first-order chi connectivity index (χ1) is 13.6. The lowest BCUT2D eigenvalue weighted by molar-refractivity contribution is 0.0147. The van der Waals surface area contributed by atoms with Crippen molar-refractivity contribution in [1.29, 1.82) is 0 Å². The van der Waals surface area contributed by atoms with E-state index in [1.165, 1.54) is 5.56 Å². The van der Waals surface area contributed by atoms with Gasteiger partial charge in [0, 0.05) is 50.2 Å². The Hall–Kier alpha value is -2.54. The van der Waals surface area contributed by atoms with Crippen LogP contribution in [0, 0.1) is 13.8 Å². The number of carbonyl (C=O) groups is 2. The number of fused-ring (bicyclic) bond motifs is 1. The van der Waals surface area contributed by atoms with Crippen LogP contribution in [0.15, 0.2) is 18.2 Å². The Morgan fingerprint density at radius 2 is 1.79 bits per heavy atom. The van der Waals surface area contributed by atoms with Gasteiger partial charge in [0.25, 0.3) is 5.91 Å². The molecule has 2 aromatic rings. The number of rotatable bonds is 4. The summed E-state index contributed by atoms with van der Waals surface area (Å²) in [6, 6.07) is 6.09. The average molecular weight is 401 g/mol. The molecule has 0 unspecified atom stereocenters. The lowest BCUT2D eigenvalue weighted by atomic mass is 10.1. The summed E-state index contributed by atoms with van der Waals surface area (Å²) in [5.41, 5.74) is 3.44. The van der Waals surface area contributed by atoms with Crippen LogP contribution in [0.2, 0.25) is 0 Å². The van der Waals surface area contributed by atoms with Gasteiger partial charge in [0.1, 0.15) is 11.3 Å². The van der Waals surface area contributed by atoms with Crippen molar-refractivity contribution in [3.8, 4) is 0 Å². The van der Waals surface area contributed by atoms with Gasteiger partial charge < -0.3 is 19.9 Å². The molecule has 0 saturated carbocycles. The van der Waals surface area contributed by atoms with Gasteiger partial charge in [-0.15, -0.1) is 0 Å². The van der Waals surface area contributed by atoms with Crippen molar-refractivity contribution >= 4 is 22.9 Å². The molecule has 0 spiro atoms. The Bertz CT molecular complexity index is 889. The summed E-state index contributed by atoms with van der Waals surface area (Å²) >= 11 is 0. The van der Waals surface area contributed by atoms with Crippen molar-refractivity contribution in [2.24, 2.45) is 0 Å². The summed E-state index contributed by atoms with van der Waals surface area (Å²) in [6.07, 6.45) is -0.255. The zero-order chi connectivity index (χ0) is 21.2. The zero-order valence-corrected chi connectivity index (χ0v) is 18.1. The summed E-state index contributed by atoms with van der Waals surface area (Å²) in [5, 5.41) is 4.07. The lowest BCUT2D eigenvalue weighted by Gasteiger charge is -2.35. The van der Waals surface area contributed by atoms with Crippen LogP contribution >= 0.6 is 0 Å². The molecule has 1 aromatic heterocycles. The molecular formula is C22H32N4O3. The fourth-order valence-electron chi connectivity index (χ4n) is 3.62. The topological polar surface area (TPSA) is 77.7 Å². The van der Waals surface area contributed by atoms with Gasteiger partial charge in [0.15, 0.2) is 0 Å². The number of ether oxygens (including phenoxy) is 1. The summed E-state index contributed by atoms with van der Waals surface area (Å²) in [7, 11) is 0. The molecule has 7 nitrogen and oxygen atoms in total. The van der Waals surface area contributed by atoms with Crippen LogP contribution in [0.4, 0.5) is 4.79 Å². The first-order valence-corrected chi connectivity index (χ1v) is 10.2. The highest BCUT2D eigenvalue weighted by Crippen LogP contribution is 2.21. The zero-order valence-electron chi connectivity index (χ0n) is 18.1. The van der Waals surface area contributed by atoms with Gasteiger partial charge >= 0.3 is 6.09 Å². The third-order valence-corrected chi connectivity index (χ3v) is 5.07. The van der Waals surface area contributed by atoms with E-state index >= 15 is 0 Å². The number of nitrogens with one attached hydrogen (secondary N) is 2. The molecule has 0 bridgehead atoms. The predicted octanol–water partition coefficient (Wildman–Crippen LogP) is 3.07. The summed E-state index contributed by atoms with van der Waals surface area (Å²) in [4.78, 5) is 31.8. The van der Waals surface area contributed by atoms with E-state index < -0.39 is 5.60 Å². The quantitative estimate of drug-likeness (QED) is 0.827. The maximum atomic E-state index is 12.5. The van der Waals surface area contributed by atoms with E-state index in [9.17, 15) is 9.59 Å². The highest BCUT2D eigenvalue weighted by atomic mass is 16.6. The molecule has 1 saturated heterocycles. The van der Waals surface area contributed by atoms with Crippen LogP contribution in [-0.2, 0) is 4.74 Å². The first-order valence-electron chi connectivity index (χ1n) is 10.2. The van der Waals surface area contributed by atoms with Crippen LogP contribution in [0.5, 0.6) is 0 Å². The third-order valence-electron chi connectivity index (χ3n) is 5.07. The van der Waals surface area contributed by atoms with Crippen molar-refractivity contribution in [2.45, 2.75) is 40.2 Å². The summed E-state index contributed by atoms with van der Waals surface area (Å²) in [5.74, 6) is -0.0920. The molecule has 1 aliphatic heterocycles. The maximum absolute atomic E-state index is 12.5. The van der Waals surface area contributed by atoms with Crippen molar-refractivity contribution in [1.82, 2.24) is 20.1 Å². The number of amides is 2. The molecule has 0 aliphatic carbocycles. The van der Waals surface area contributed by atoms with Crippen molar-refractivity contribution in [3.63, 3.8) is 0 Å². The number of aromatic nitrogens is 1. The minimum absolute atomic E-state index is 0.0920. The summed E-state index contributed by atoms with van der Waals surface area (Å²) in [6.45, 7) is 13.9. The highest BCUT2D eigenvalue weighted by molar-refractivity contribution is 5.99. The number of aromatic amines is 1. The fraction of sp³-hybridized carbons (Fsp3) is 0.545. The number of piperazine rings is 1. The van der Waals surface area contributed by atoms with Gasteiger partial charge in [-0.2, -0.15) is 0 Å². The van der Waals surface area contributed by atoms with Gasteiger partial charge in [-0.25, -0.2) is 4.79 Å². The van der Waals surface area contributed by atoms with Crippen LogP contribution in [0.25, 0.3) is 10.9 Å².